The first kappa shape index (κ1) is 24.2. The minimum atomic E-state index is -0.576. The van der Waals surface area contributed by atoms with Gasteiger partial charge in [-0.05, 0) is 17.7 Å². The van der Waals surface area contributed by atoms with Crippen molar-refractivity contribution in [2.45, 2.75) is 25.9 Å². The van der Waals surface area contributed by atoms with Crippen LogP contribution in [-0.4, -0.2) is 66.6 Å². The molecule has 0 aliphatic carbocycles. The van der Waals surface area contributed by atoms with Crippen LogP contribution >= 0.6 is 11.6 Å². The topological polar surface area (TPSA) is 81.1 Å². The molecule has 4 rings (SSSR count). The van der Waals surface area contributed by atoms with E-state index in [9.17, 15) is 18.8 Å². The summed E-state index contributed by atoms with van der Waals surface area (Å²) in [5.41, 5.74) is 1.32. The van der Waals surface area contributed by atoms with Crippen molar-refractivity contribution in [3.05, 3.63) is 62.3 Å². The van der Waals surface area contributed by atoms with Crippen molar-refractivity contribution in [1.29, 1.82) is 0 Å². The van der Waals surface area contributed by atoms with Gasteiger partial charge in [-0.2, -0.15) is 0 Å². The summed E-state index contributed by atoms with van der Waals surface area (Å²) >= 11 is 6.19. The molecule has 10 heteroatoms. The van der Waals surface area contributed by atoms with Crippen LogP contribution in [0.15, 0.2) is 29.1 Å². The quantitative estimate of drug-likeness (QED) is 0.577. The van der Waals surface area contributed by atoms with Crippen LogP contribution in [0.4, 0.5) is 4.39 Å². The Labute approximate surface area is 201 Å². The lowest BCUT2D eigenvalue weighted by Crippen LogP contribution is -2.29. The van der Waals surface area contributed by atoms with Crippen LogP contribution in [0.2, 0.25) is 5.02 Å². The SMILES string of the molecule is COC(=O)c1c(OC[C@@H]2CC(=O)N(C)C2)cc(=O)n2c1CCN(Cc1ccc(F)cc1Cl)CC2. The molecule has 2 aliphatic heterocycles. The highest BCUT2D eigenvalue weighted by atomic mass is 35.5. The van der Waals surface area contributed by atoms with Crippen molar-refractivity contribution >= 4 is 23.5 Å². The largest absolute Gasteiger partial charge is 0.492 e. The van der Waals surface area contributed by atoms with E-state index in [1.165, 1.54) is 25.3 Å². The monoisotopic (exact) mass is 491 g/mol. The Bertz CT molecular complexity index is 1170. The maximum Gasteiger partial charge on any atom is 0.343 e. The third-order valence-corrected chi connectivity index (χ3v) is 6.73. The Kier molecular flexibility index (Phi) is 7.23. The van der Waals surface area contributed by atoms with Gasteiger partial charge in [0.05, 0.1) is 13.7 Å². The molecule has 0 saturated carbocycles. The van der Waals surface area contributed by atoms with Crippen LogP contribution in [0.1, 0.15) is 28.0 Å². The number of amides is 1. The summed E-state index contributed by atoms with van der Waals surface area (Å²) in [4.78, 5) is 41.2. The molecule has 0 radical (unpaired) electrons. The molecule has 3 heterocycles. The number of hydrogen-bond donors (Lipinski definition) is 0. The lowest BCUT2D eigenvalue weighted by molar-refractivity contribution is -0.126. The Morgan fingerprint density at radius 2 is 2.00 bits per heavy atom. The van der Waals surface area contributed by atoms with Gasteiger partial charge in [0.15, 0.2) is 0 Å². The molecule has 0 bridgehead atoms. The lowest BCUT2D eigenvalue weighted by atomic mass is 10.1. The summed E-state index contributed by atoms with van der Waals surface area (Å²) in [6.45, 7) is 2.76. The molecule has 1 atom stereocenters. The fourth-order valence-corrected chi connectivity index (χ4v) is 4.78. The molecular formula is C24H27ClFN3O5. The summed E-state index contributed by atoms with van der Waals surface area (Å²) in [5, 5.41) is 0.348. The van der Waals surface area contributed by atoms with Crippen LogP contribution < -0.4 is 10.3 Å². The van der Waals surface area contributed by atoms with Crippen LogP contribution in [0.3, 0.4) is 0 Å². The zero-order valence-corrected chi connectivity index (χ0v) is 19.9. The van der Waals surface area contributed by atoms with Crippen LogP contribution in [-0.2, 0) is 29.0 Å². The van der Waals surface area contributed by atoms with Crippen molar-refractivity contribution in [3.63, 3.8) is 0 Å². The molecule has 8 nitrogen and oxygen atoms in total. The second-order valence-corrected chi connectivity index (χ2v) is 9.14. The van der Waals surface area contributed by atoms with Crippen molar-refractivity contribution < 1.29 is 23.5 Å². The van der Waals surface area contributed by atoms with E-state index in [1.54, 1.807) is 22.6 Å². The third kappa shape index (κ3) is 5.10. The number of rotatable bonds is 6. The summed E-state index contributed by atoms with van der Waals surface area (Å²) in [6, 6.07) is 5.62. The fraction of sp³-hybridized carbons (Fsp3) is 0.458. The second-order valence-electron chi connectivity index (χ2n) is 8.73. The molecule has 1 aromatic heterocycles. The van der Waals surface area contributed by atoms with Gasteiger partial charge in [0.2, 0.25) is 5.91 Å². The van der Waals surface area contributed by atoms with Gasteiger partial charge >= 0.3 is 5.97 Å². The minimum Gasteiger partial charge on any atom is -0.492 e. The molecule has 1 fully saturated rings. The average molecular weight is 492 g/mol. The molecule has 2 aromatic rings. The van der Waals surface area contributed by atoms with E-state index in [1.807, 2.05) is 0 Å². The van der Waals surface area contributed by atoms with E-state index >= 15 is 0 Å². The highest BCUT2D eigenvalue weighted by Gasteiger charge is 2.30. The maximum absolute atomic E-state index is 13.4. The van der Waals surface area contributed by atoms with Gasteiger partial charge in [-0.3, -0.25) is 14.5 Å². The Morgan fingerprint density at radius 1 is 1.21 bits per heavy atom. The van der Waals surface area contributed by atoms with E-state index in [4.69, 9.17) is 21.1 Å². The Balaban J connectivity index is 1.57. The molecule has 1 saturated heterocycles. The summed E-state index contributed by atoms with van der Waals surface area (Å²) in [5.74, 6) is -0.758. The maximum atomic E-state index is 13.4. The molecule has 0 unspecified atom stereocenters. The predicted octanol–water partition coefficient (Wildman–Crippen LogP) is 2.34. The number of esters is 1. The molecule has 1 aromatic carbocycles. The smallest absolute Gasteiger partial charge is 0.343 e. The Morgan fingerprint density at radius 3 is 2.68 bits per heavy atom. The predicted molar refractivity (Wildman–Crippen MR) is 124 cm³/mol. The number of hydrogen-bond acceptors (Lipinski definition) is 6. The first-order valence-electron chi connectivity index (χ1n) is 11.1. The van der Waals surface area contributed by atoms with Crippen molar-refractivity contribution in [3.8, 4) is 5.75 Å². The van der Waals surface area contributed by atoms with E-state index in [0.29, 0.717) is 56.3 Å². The number of aromatic nitrogens is 1. The number of carbonyl (C=O) groups is 2. The third-order valence-electron chi connectivity index (χ3n) is 6.38. The number of nitrogens with zero attached hydrogens (tertiary/aromatic N) is 3. The number of carbonyl (C=O) groups excluding carboxylic acids is 2. The molecule has 34 heavy (non-hydrogen) atoms. The molecule has 0 spiro atoms. The molecule has 1 amide bonds. The lowest BCUT2D eigenvalue weighted by Gasteiger charge is -2.20. The van der Waals surface area contributed by atoms with Gasteiger partial charge in [-0.25, -0.2) is 9.18 Å². The number of halogens is 2. The molecule has 182 valence electrons. The molecule has 2 aliphatic rings. The van der Waals surface area contributed by atoms with E-state index in [2.05, 4.69) is 4.90 Å². The number of benzene rings is 1. The highest BCUT2D eigenvalue weighted by molar-refractivity contribution is 6.31. The van der Waals surface area contributed by atoms with Crippen molar-refractivity contribution in [2.24, 2.45) is 5.92 Å². The van der Waals surface area contributed by atoms with E-state index in [0.717, 1.165) is 5.56 Å². The van der Waals surface area contributed by atoms with Gasteiger partial charge in [0.25, 0.3) is 5.56 Å². The summed E-state index contributed by atoms with van der Waals surface area (Å²) < 4.78 is 25.9. The first-order valence-corrected chi connectivity index (χ1v) is 11.5. The molecule has 0 N–H and O–H groups in total. The normalized spacial score (nSPS) is 18.5. The van der Waals surface area contributed by atoms with Crippen molar-refractivity contribution in [2.75, 3.05) is 40.4 Å². The number of likely N-dealkylation sites (tertiary alicyclic amines) is 1. The average Bonchev–Trinajstić information content (AvgIpc) is 2.99. The fourth-order valence-electron chi connectivity index (χ4n) is 4.55. The summed E-state index contributed by atoms with van der Waals surface area (Å²) in [6.07, 6.45) is 0.787. The highest BCUT2D eigenvalue weighted by Crippen LogP contribution is 2.27. The zero-order valence-electron chi connectivity index (χ0n) is 19.2. The number of ether oxygens (including phenoxy) is 2. The Hall–Kier alpha value is -2.91. The number of pyridine rings is 1. The standard InChI is InChI=1S/C24H27ClFN3O5/c1-27-12-15(9-21(27)30)14-34-20-11-22(31)29-8-7-28(6-5-19(29)23(20)24(32)33-2)13-16-3-4-17(26)10-18(16)25/h3-4,10-11,15H,5-9,12-14H2,1-2H3/t15-/m1/s1. The van der Waals surface area contributed by atoms with Gasteiger partial charge < -0.3 is 18.9 Å². The van der Waals surface area contributed by atoms with Gasteiger partial charge in [0.1, 0.15) is 17.1 Å². The van der Waals surface area contributed by atoms with Crippen LogP contribution in [0, 0.1) is 11.7 Å². The van der Waals surface area contributed by atoms with Gasteiger partial charge in [-0.15, -0.1) is 0 Å². The van der Waals surface area contributed by atoms with Gasteiger partial charge in [-0.1, -0.05) is 17.7 Å². The van der Waals surface area contributed by atoms with Crippen molar-refractivity contribution in [1.82, 2.24) is 14.4 Å². The van der Waals surface area contributed by atoms with E-state index in [-0.39, 0.29) is 35.3 Å². The zero-order chi connectivity index (χ0) is 24.4. The van der Waals surface area contributed by atoms with Crippen LogP contribution in [0.5, 0.6) is 5.75 Å². The first-order chi connectivity index (χ1) is 16.3. The van der Waals surface area contributed by atoms with Crippen LogP contribution in [0.25, 0.3) is 0 Å². The number of methoxy groups -OCH3 is 1. The summed E-state index contributed by atoms with van der Waals surface area (Å²) in [7, 11) is 3.03. The van der Waals surface area contributed by atoms with Gasteiger partial charge in [0, 0.05) is 75.3 Å². The second kappa shape index (κ2) is 10.1. The minimum absolute atomic E-state index is 0.0134. The number of fused-ring (bicyclic) bond motifs is 1. The van der Waals surface area contributed by atoms with E-state index < -0.39 is 11.8 Å². The molecular weight excluding hydrogens is 465 g/mol.